The van der Waals surface area contributed by atoms with Crippen LogP contribution in [0.4, 0.5) is 20.8 Å². The molecule has 1 unspecified atom stereocenters. The largest absolute Gasteiger partial charge is 0.444 e. The fourth-order valence-corrected chi connectivity index (χ4v) is 3.70. The van der Waals surface area contributed by atoms with Crippen LogP contribution in [0, 0.1) is 5.82 Å². The zero-order valence-electron chi connectivity index (χ0n) is 20.0. The minimum absolute atomic E-state index is 0.0195. The monoisotopic (exact) mass is 480 g/mol. The quantitative estimate of drug-likeness (QED) is 0.497. The Hall–Kier alpha value is -3.95. The Labute approximate surface area is 203 Å². The van der Waals surface area contributed by atoms with Crippen molar-refractivity contribution in [2.24, 2.45) is 0 Å². The Morgan fingerprint density at radius 3 is 2.80 bits per heavy atom. The number of hydrogen-bond donors (Lipinski definition) is 2. The lowest BCUT2D eigenvalue weighted by Gasteiger charge is -2.34. The molecule has 0 saturated carbocycles. The third-order valence-corrected chi connectivity index (χ3v) is 5.30. The normalized spacial score (nSPS) is 16.0. The molecule has 1 aliphatic rings. The molecule has 1 aromatic carbocycles. The van der Waals surface area contributed by atoms with E-state index in [2.05, 4.69) is 20.3 Å². The number of carbonyl (C=O) groups excluding carboxylic acids is 1. The van der Waals surface area contributed by atoms with E-state index in [1.54, 1.807) is 35.5 Å². The number of ether oxygens (including phenoxy) is 2. The predicted octanol–water partition coefficient (Wildman–Crippen LogP) is 4.86. The summed E-state index contributed by atoms with van der Waals surface area (Å²) in [5, 5.41) is 3.33. The molecule has 0 spiro atoms. The molecule has 0 radical (unpaired) electrons. The molecule has 1 atom stereocenters. The molecular weight excluding hydrogens is 451 g/mol. The Morgan fingerprint density at radius 1 is 1.20 bits per heavy atom. The lowest BCUT2D eigenvalue weighted by molar-refractivity contribution is 0.0206. The summed E-state index contributed by atoms with van der Waals surface area (Å²) >= 11 is 0. The molecule has 0 aliphatic carbocycles. The number of anilines is 2. The van der Waals surface area contributed by atoms with Crippen molar-refractivity contribution in [1.82, 2.24) is 19.9 Å². The second-order valence-corrected chi connectivity index (χ2v) is 9.32. The van der Waals surface area contributed by atoms with Crippen molar-refractivity contribution in [2.75, 3.05) is 24.1 Å². The number of likely N-dealkylation sites (tertiary alicyclic amines) is 1. The lowest BCUT2D eigenvalue weighted by Crippen LogP contribution is -2.47. The van der Waals surface area contributed by atoms with Gasteiger partial charge in [0.2, 0.25) is 11.8 Å². The molecule has 3 aromatic rings. The standard InChI is InChI=1S/C25H29FN6O3/c1-25(2,3)35-24(33)32-13-5-6-16(15-32)30-23-29-12-10-21(31-23)18-7-4-11-28-22(18)34-17-8-9-20(27)19(26)14-17/h4,7-12,14,16H,5-6,13,15,27H2,1-3H3,(H,29,30,31). The van der Waals surface area contributed by atoms with E-state index in [1.807, 2.05) is 26.8 Å². The number of pyridine rings is 1. The Kier molecular flexibility index (Phi) is 6.99. The number of nitrogens with two attached hydrogens (primary N) is 1. The van der Waals surface area contributed by atoms with Crippen LogP contribution in [0.25, 0.3) is 11.3 Å². The molecule has 2 aromatic heterocycles. The molecular formula is C25H29FN6O3. The van der Waals surface area contributed by atoms with Crippen LogP contribution in [0.2, 0.25) is 0 Å². The Morgan fingerprint density at radius 2 is 2.03 bits per heavy atom. The van der Waals surface area contributed by atoms with Crippen molar-refractivity contribution in [3.63, 3.8) is 0 Å². The number of nitrogens with one attached hydrogen (secondary N) is 1. The van der Waals surface area contributed by atoms with Crippen LogP contribution in [0.15, 0.2) is 48.8 Å². The summed E-state index contributed by atoms with van der Waals surface area (Å²) in [6, 6.07) is 9.52. The van der Waals surface area contributed by atoms with Crippen molar-refractivity contribution in [3.8, 4) is 22.9 Å². The first-order valence-corrected chi connectivity index (χ1v) is 11.4. The van der Waals surface area contributed by atoms with Gasteiger partial charge in [-0.3, -0.25) is 0 Å². The van der Waals surface area contributed by atoms with E-state index in [4.69, 9.17) is 15.2 Å². The smallest absolute Gasteiger partial charge is 0.410 e. The maximum absolute atomic E-state index is 13.9. The zero-order chi connectivity index (χ0) is 25.0. The number of carbonyl (C=O) groups is 1. The van der Waals surface area contributed by atoms with E-state index < -0.39 is 11.4 Å². The maximum atomic E-state index is 13.9. The third kappa shape index (κ3) is 6.34. The predicted molar refractivity (Wildman–Crippen MR) is 131 cm³/mol. The van der Waals surface area contributed by atoms with Gasteiger partial charge in [0.1, 0.15) is 17.2 Å². The molecule has 1 saturated heterocycles. The summed E-state index contributed by atoms with van der Waals surface area (Å²) in [4.78, 5) is 27.4. The van der Waals surface area contributed by atoms with Crippen LogP contribution >= 0.6 is 0 Å². The maximum Gasteiger partial charge on any atom is 0.410 e. The molecule has 184 valence electrons. The van der Waals surface area contributed by atoms with E-state index in [0.717, 1.165) is 12.8 Å². The summed E-state index contributed by atoms with van der Waals surface area (Å²) in [6.45, 7) is 6.70. The van der Waals surface area contributed by atoms with Gasteiger partial charge < -0.3 is 25.4 Å². The second kappa shape index (κ2) is 10.1. The van der Waals surface area contributed by atoms with Gasteiger partial charge >= 0.3 is 6.09 Å². The van der Waals surface area contributed by atoms with Gasteiger partial charge in [-0.25, -0.2) is 24.1 Å². The molecule has 1 amide bonds. The molecule has 3 N–H and O–H groups in total. The summed E-state index contributed by atoms with van der Waals surface area (Å²) in [5.41, 5.74) is 6.25. The molecule has 9 nitrogen and oxygen atoms in total. The molecule has 4 rings (SSSR count). The number of nitrogen functional groups attached to an aromatic ring is 1. The number of hydrogen-bond acceptors (Lipinski definition) is 8. The second-order valence-electron chi connectivity index (χ2n) is 9.32. The van der Waals surface area contributed by atoms with Crippen molar-refractivity contribution in [2.45, 2.75) is 45.3 Å². The Bertz CT molecular complexity index is 1200. The fraction of sp³-hybridized carbons (Fsp3) is 0.360. The minimum Gasteiger partial charge on any atom is -0.444 e. The van der Waals surface area contributed by atoms with Crippen LogP contribution in [0.3, 0.4) is 0 Å². The summed E-state index contributed by atoms with van der Waals surface area (Å²) in [7, 11) is 0. The van der Waals surface area contributed by atoms with E-state index in [0.29, 0.717) is 30.3 Å². The number of halogens is 1. The van der Waals surface area contributed by atoms with Gasteiger partial charge in [0.15, 0.2) is 0 Å². The van der Waals surface area contributed by atoms with Crippen molar-refractivity contribution < 1.29 is 18.7 Å². The molecule has 1 aliphatic heterocycles. The zero-order valence-corrected chi connectivity index (χ0v) is 20.0. The third-order valence-electron chi connectivity index (χ3n) is 5.30. The fourth-order valence-electron chi connectivity index (χ4n) is 3.70. The van der Waals surface area contributed by atoms with Crippen molar-refractivity contribution >= 4 is 17.7 Å². The van der Waals surface area contributed by atoms with Crippen LogP contribution in [-0.2, 0) is 4.74 Å². The number of rotatable bonds is 5. The lowest BCUT2D eigenvalue weighted by atomic mass is 10.1. The molecule has 10 heteroatoms. The summed E-state index contributed by atoms with van der Waals surface area (Å²) in [5.74, 6) is 0.400. The highest BCUT2D eigenvalue weighted by Crippen LogP contribution is 2.31. The summed E-state index contributed by atoms with van der Waals surface area (Å²) < 4.78 is 25.2. The van der Waals surface area contributed by atoms with Gasteiger partial charge in [-0.15, -0.1) is 0 Å². The van der Waals surface area contributed by atoms with Gasteiger partial charge in [-0.2, -0.15) is 0 Å². The van der Waals surface area contributed by atoms with E-state index >= 15 is 0 Å². The average Bonchev–Trinajstić information content (AvgIpc) is 2.81. The molecule has 3 heterocycles. The minimum atomic E-state index is -0.568. The number of piperidine rings is 1. The highest BCUT2D eigenvalue weighted by Gasteiger charge is 2.28. The summed E-state index contributed by atoms with van der Waals surface area (Å²) in [6.07, 6.45) is 4.61. The number of aromatic nitrogens is 3. The highest BCUT2D eigenvalue weighted by molar-refractivity contribution is 5.68. The van der Waals surface area contributed by atoms with E-state index in [1.165, 1.54) is 12.1 Å². The molecule has 0 bridgehead atoms. The van der Waals surface area contributed by atoms with Crippen LogP contribution in [-0.4, -0.2) is 50.7 Å². The van der Waals surface area contributed by atoms with Crippen molar-refractivity contribution in [1.29, 1.82) is 0 Å². The number of amides is 1. The first-order valence-electron chi connectivity index (χ1n) is 11.4. The van der Waals surface area contributed by atoms with Crippen molar-refractivity contribution in [3.05, 3.63) is 54.6 Å². The number of benzene rings is 1. The van der Waals surface area contributed by atoms with Crippen LogP contribution < -0.4 is 15.8 Å². The first-order chi connectivity index (χ1) is 16.7. The SMILES string of the molecule is CC(C)(C)OC(=O)N1CCCC(Nc2nccc(-c3cccnc3Oc3ccc(N)c(F)c3)n2)C1. The molecule has 1 fully saturated rings. The Balaban J connectivity index is 1.49. The van der Waals surface area contributed by atoms with E-state index in [-0.39, 0.29) is 29.5 Å². The number of nitrogens with zero attached hydrogens (tertiary/aromatic N) is 4. The first kappa shape index (κ1) is 24.2. The highest BCUT2D eigenvalue weighted by atomic mass is 19.1. The van der Waals surface area contributed by atoms with Gasteiger partial charge in [0.25, 0.3) is 0 Å². The van der Waals surface area contributed by atoms with Crippen LogP contribution in [0.1, 0.15) is 33.6 Å². The van der Waals surface area contributed by atoms with Gasteiger partial charge in [-0.05, 0) is 63.9 Å². The average molecular weight is 481 g/mol. The van der Waals surface area contributed by atoms with Gasteiger partial charge in [-0.1, -0.05) is 0 Å². The van der Waals surface area contributed by atoms with E-state index in [9.17, 15) is 9.18 Å². The van der Waals surface area contributed by atoms with Gasteiger partial charge in [0, 0.05) is 37.6 Å². The topological polar surface area (TPSA) is 115 Å². The van der Waals surface area contributed by atoms with Gasteiger partial charge in [0.05, 0.1) is 16.9 Å². The van der Waals surface area contributed by atoms with Crippen LogP contribution in [0.5, 0.6) is 11.6 Å². The molecule has 35 heavy (non-hydrogen) atoms.